The van der Waals surface area contributed by atoms with E-state index in [0.717, 1.165) is 19.3 Å². The summed E-state index contributed by atoms with van der Waals surface area (Å²) in [5.74, 6) is 1.73. The second-order valence-corrected chi connectivity index (χ2v) is 4.27. The Labute approximate surface area is 108 Å². The molecule has 0 aromatic rings. The lowest BCUT2D eigenvalue weighted by Crippen LogP contribution is -2.40. The Balaban J connectivity index is 3.36. The van der Waals surface area contributed by atoms with Crippen LogP contribution in [0.2, 0.25) is 0 Å². The largest absolute Gasteiger partial charge is 0.481 e. The molecule has 0 aliphatic carbocycles. The highest BCUT2D eigenvalue weighted by atomic mass is 16.4. The van der Waals surface area contributed by atoms with Gasteiger partial charge in [0.2, 0.25) is 0 Å². The van der Waals surface area contributed by atoms with Crippen molar-refractivity contribution in [2.45, 2.75) is 51.5 Å². The van der Waals surface area contributed by atoms with Crippen LogP contribution in [0.4, 0.5) is 4.79 Å². The van der Waals surface area contributed by atoms with Gasteiger partial charge in [-0.3, -0.25) is 4.79 Å². The summed E-state index contributed by atoms with van der Waals surface area (Å²) in [7, 11) is 0. The van der Waals surface area contributed by atoms with Crippen LogP contribution in [0.25, 0.3) is 0 Å². The first-order valence-electron chi connectivity index (χ1n) is 6.26. The van der Waals surface area contributed by atoms with Crippen molar-refractivity contribution in [3.8, 4) is 12.3 Å². The lowest BCUT2D eigenvalue weighted by Gasteiger charge is -2.11. The van der Waals surface area contributed by atoms with Crippen LogP contribution >= 0.6 is 0 Å². The molecular weight excluding hydrogens is 232 g/mol. The molecule has 0 aromatic heterocycles. The van der Waals surface area contributed by atoms with Gasteiger partial charge in [-0.15, -0.1) is 12.3 Å². The summed E-state index contributed by atoms with van der Waals surface area (Å²) in [5.41, 5.74) is 0. The highest BCUT2D eigenvalue weighted by Crippen LogP contribution is 2.02. The SMILES string of the molecule is C#CCC(C)NC(=O)NCCCCCCC(=O)O. The fraction of sp³-hybridized carbons (Fsp3) is 0.692. The fourth-order valence-corrected chi connectivity index (χ4v) is 1.46. The van der Waals surface area contributed by atoms with Crippen LogP contribution in [0, 0.1) is 12.3 Å². The summed E-state index contributed by atoms with van der Waals surface area (Å²) >= 11 is 0. The van der Waals surface area contributed by atoms with E-state index >= 15 is 0 Å². The Morgan fingerprint density at radius 3 is 2.56 bits per heavy atom. The Morgan fingerprint density at radius 2 is 1.94 bits per heavy atom. The second-order valence-electron chi connectivity index (χ2n) is 4.27. The Hall–Kier alpha value is -1.70. The topological polar surface area (TPSA) is 78.4 Å². The van der Waals surface area contributed by atoms with Gasteiger partial charge in [0.15, 0.2) is 0 Å². The van der Waals surface area contributed by atoms with E-state index in [-0.39, 0.29) is 18.5 Å². The quantitative estimate of drug-likeness (QED) is 0.433. The van der Waals surface area contributed by atoms with E-state index in [1.807, 2.05) is 6.92 Å². The maximum atomic E-state index is 11.3. The summed E-state index contributed by atoms with van der Waals surface area (Å²) < 4.78 is 0. The molecule has 1 unspecified atom stereocenters. The highest BCUT2D eigenvalue weighted by Gasteiger charge is 2.04. The average molecular weight is 254 g/mol. The van der Waals surface area contributed by atoms with Crippen molar-refractivity contribution < 1.29 is 14.7 Å². The highest BCUT2D eigenvalue weighted by molar-refractivity contribution is 5.74. The Kier molecular flexibility index (Phi) is 9.47. The van der Waals surface area contributed by atoms with Crippen LogP contribution in [-0.2, 0) is 4.79 Å². The van der Waals surface area contributed by atoms with E-state index < -0.39 is 5.97 Å². The molecule has 18 heavy (non-hydrogen) atoms. The number of terminal acetylenes is 1. The first-order chi connectivity index (χ1) is 8.56. The van der Waals surface area contributed by atoms with Gasteiger partial charge in [-0.1, -0.05) is 12.8 Å². The van der Waals surface area contributed by atoms with Crippen molar-refractivity contribution >= 4 is 12.0 Å². The Bertz CT molecular complexity index is 297. The minimum Gasteiger partial charge on any atom is -0.481 e. The van der Waals surface area contributed by atoms with Crippen LogP contribution in [0.3, 0.4) is 0 Å². The first-order valence-corrected chi connectivity index (χ1v) is 6.26. The normalized spacial score (nSPS) is 11.3. The Morgan fingerprint density at radius 1 is 1.28 bits per heavy atom. The van der Waals surface area contributed by atoms with Crippen LogP contribution < -0.4 is 10.6 Å². The molecule has 0 heterocycles. The minimum absolute atomic E-state index is 0.0226. The fourth-order valence-electron chi connectivity index (χ4n) is 1.46. The van der Waals surface area contributed by atoms with Crippen molar-refractivity contribution in [3.63, 3.8) is 0 Å². The molecule has 0 aromatic carbocycles. The summed E-state index contributed by atoms with van der Waals surface area (Å²) in [6.45, 7) is 2.45. The average Bonchev–Trinajstić information content (AvgIpc) is 2.27. The molecule has 0 fully saturated rings. The molecule has 0 spiro atoms. The summed E-state index contributed by atoms with van der Waals surface area (Å²) in [4.78, 5) is 21.6. The molecule has 102 valence electrons. The van der Waals surface area contributed by atoms with Gasteiger partial charge in [0.1, 0.15) is 0 Å². The van der Waals surface area contributed by atoms with E-state index in [1.165, 1.54) is 0 Å². The van der Waals surface area contributed by atoms with E-state index in [2.05, 4.69) is 16.6 Å². The van der Waals surface area contributed by atoms with Crippen LogP contribution in [0.1, 0.15) is 45.4 Å². The van der Waals surface area contributed by atoms with Gasteiger partial charge in [0, 0.05) is 25.4 Å². The number of nitrogens with one attached hydrogen (secondary N) is 2. The van der Waals surface area contributed by atoms with Gasteiger partial charge < -0.3 is 15.7 Å². The van der Waals surface area contributed by atoms with Gasteiger partial charge in [0.25, 0.3) is 0 Å². The molecule has 0 bridgehead atoms. The van der Waals surface area contributed by atoms with Gasteiger partial charge in [-0.25, -0.2) is 4.79 Å². The molecule has 0 saturated heterocycles. The van der Waals surface area contributed by atoms with Crippen LogP contribution in [0.5, 0.6) is 0 Å². The number of hydrogen-bond donors (Lipinski definition) is 3. The number of carboxylic acids is 1. The third-order valence-electron chi connectivity index (χ3n) is 2.40. The van der Waals surface area contributed by atoms with E-state index in [9.17, 15) is 9.59 Å². The van der Waals surface area contributed by atoms with Gasteiger partial charge in [-0.2, -0.15) is 0 Å². The molecule has 3 N–H and O–H groups in total. The van der Waals surface area contributed by atoms with Crippen LogP contribution in [-0.4, -0.2) is 29.7 Å². The van der Waals surface area contributed by atoms with Crippen molar-refractivity contribution in [3.05, 3.63) is 0 Å². The first kappa shape index (κ1) is 16.3. The third-order valence-corrected chi connectivity index (χ3v) is 2.40. The number of urea groups is 1. The van der Waals surface area contributed by atoms with Crippen molar-refractivity contribution in [1.82, 2.24) is 10.6 Å². The molecule has 0 radical (unpaired) electrons. The van der Waals surface area contributed by atoms with E-state index in [4.69, 9.17) is 11.5 Å². The predicted molar refractivity (Wildman–Crippen MR) is 70.2 cm³/mol. The van der Waals surface area contributed by atoms with Gasteiger partial charge in [0.05, 0.1) is 0 Å². The maximum absolute atomic E-state index is 11.3. The zero-order valence-corrected chi connectivity index (χ0v) is 10.9. The molecule has 2 amide bonds. The monoisotopic (exact) mass is 254 g/mol. The van der Waals surface area contributed by atoms with Gasteiger partial charge >= 0.3 is 12.0 Å². The lowest BCUT2D eigenvalue weighted by molar-refractivity contribution is -0.137. The maximum Gasteiger partial charge on any atom is 0.315 e. The summed E-state index contributed by atoms with van der Waals surface area (Å²) in [6.07, 6.45) is 9.22. The molecule has 5 heteroatoms. The number of carbonyl (C=O) groups excluding carboxylic acids is 1. The molecule has 0 aliphatic rings. The van der Waals surface area contributed by atoms with Crippen molar-refractivity contribution in [2.24, 2.45) is 0 Å². The number of rotatable bonds is 9. The summed E-state index contributed by atoms with van der Waals surface area (Å²) in [6, 6.07) is -0.228. The van der Waals surface area contributed by atoms with E-state index in [0.29, 0.717) is 19.4 Å². The zero-order valence-electron chi connectivity index (χ0n) is 10.9. The van der Waals surface area contributed by atoms with Crippen LogP contribution in [0.15, 0.2) is 0 Å². The standard InChI is InChI=1S/C13H22N2O3/c1-3-8-11(2)15-13(18)14-10-7-5-4-6-9-12(16)17/h1,11H,4-10H2,2H3,(H,16,17)(H2,14,15,18). The number of carbonyl (C=O) groups is 2. The number of carboxylic acid groups (broad SMARTS) is 1. The number of aliphatic carboxylic acids is 1. The van der Waals surface area contributed by atoms with Crippen molar-refractivity contribution in [1.29, 1.82) is 0 Å². The number of unbranched alkanes of at least 4 members (excludes halogenated alkanes) is 3. The predicted octanol–water partition coefficient (Wildman–Crippen LogP) is 1.73. The molecule has 0 rings (SSSR count). The minimum atomic E-state index is -0.755. The second kappa shape index (κ2) is 10.5. The molecular formula is C13H22N2O3. The number of amides is 2. The molecule has 5 nitrogen and oxygen atoms in total. The van der Waals surface area contributed by atoms with Gasteiger partial charge in [-0.05, 0) is 19.8 Å². The van der Waals surface area contributed by atoms with E-state index in [1.54, 1.807) is 0 Å². The number of hydrogen-bond acceptors (Lipinski definition) is 2. The molecule has 0 saturated carbocycles. The zero-order chi connectivity index (χ0) is 13.8. The summed E-state index contributed by atoms with van der Waals surface area (Å²) in [5, 5.41) is 13.9. The third kappa shape index (κ3) is 10.8. The smallest absolute Gasteiger partial charge is 0.315 e. The lowest BCUT2D eigenvalue weighted by atomic mass is 10.1. The molecule has 1 atom stereocenters. The van der Waals surface area contributed by atoms with Crippen molar-refractivity contribution in [2.75, 3.05) is 6.54 Å². The molecule has 0 aliphatic heterocycles.